The molecule has 0 radical (unpaired) electrons. The molecular weight excluding hydrogens is 344 g/mol. The zero-order valence-corrected chi connectivity index (χ0v) is 15.4. The topological polar surface area (TPSA) is 81.5 Å². The predicted molar refractivity (Wildman–Crippen MR) is 106 cm³/mol. The molecule has 0 spiro atoms. The van der Waals surface area contributed by atoms with Crippen LogP contribution in [0, 0.1) is 17.0 Å². The van der Waals surface area contributed by atoms with Crippen molar-refractivity contribution in [2.45, 2.75) is 20.3 Å². The molecule has 0 bridgehead atoms. The second-order valence-corrected chi connectivity index (χ2v) is 6.26. The molecule has 0 saturated heterocycles. The summed E-state index contributed by atoms with van der Waals surface area (Å²) in [5.74, 6) is 0.160. The summed E-state index contributed by atoms with van der Waals surface area (Å²) >= 11 is 0. The number of methoxy groups -OCH3 is 1. The number of nitro benzene ring substituents is 1. The lowest BCUT2D eigenvalue weighted by molar-refractivity contribution is -0.384. The molecule has 1 amide bonds. The lowest BCUT2D eigenvalue weighted by atomic mass is 10.0. The summed E-state index contributed by atoms with van der Waals surface area (Å²) < 4.78 is 5.40. The highest BCUT2D eigenvalue weighted by molar-refractivity contribution is 6.09. The number of rotatable bonds is 5. The number of benzene rings is 3. The first kappa shape index (κ1) is 18.4. The van der Waals surface area contributed by atoms with Crippen molar-refractivity contribution in [3.63, 3.8) is 0 Å². The Morgan fingerprint density at radius 1 is 1.15 bits per heavy atom. The van der Waals surface area contributed by atoms with Gasteiger partial charge in [0.2, 0.25) is 0 Å². The fourth-order valence-corrected chi connectivity index (χ4v) is 3.15. The van der Waals surface area contributed by atoms with Crippen molar-refractivity contribution in [1.82, 2.24) is 0 Å². The summed E-state index contributed by atoms with van der Waals surface area (Å²) in [5, 5.41) is 15.9. The van der Waals surface area contributed by atoms with Gasteiger partial charge in [-0.25, -0.2) is 0 Å². The highest BCUT2D eigenvalue weighted by atomic mass is 16.6. The number of carbonyl (C=O) groups excluding carboxylic acids is 1. The van der Waals surface area contributed by atoms with Gasteiger partial charge in [0.05, 0.1) is 17.6 Å². The fraction of sp³-hybridized carbons (Fsp3) is 0.190. The number of amides is 1. The van der Waals surface area contributed by atoms with E-state index in [9.17, 15) is 14.9 Å². The Morgan fingerprint density at radius 3 is 2.41 bits per heavy atom. The van der Waals surface area contributed by atoms with Gasteiger partial charge in [-0.3, -0.25) is 14.9 Å². The molecule has 0 heterocycles. The molecule has 138 valence electrons. The molecule has 0 aliphatic rings. The Bertz CT molecular complexity index is 1040. The molecule has 0 aliphatic heterocycles. The third-order valence-corrected chi connectivity index (χ3v) is 4.54. The highest BCUT2D eigenvalue weighted by Crippen LogP contribution is 2.30. The van der Waals surface area contributed by atoms with Crippen molar-refractivity contribution >= 4 is 28.1 Å². The average molecular weight is 364 g/mol. The van der Waals surface area contributed by atoms with Crippen molar-refractivity contribution in [1.29, 1.82) is 0 Å². The van der Waals surface area contributed by atoms with Gasteiger partial charge < -0.3 is 10.1 Å². The maximum Gasteiger partial charge on any atom is 0.270 e. The molecule has 1 N–H and O–H groups in total. The zero-order valence-electron chi connectivity index (χ0n) is 15.4. The largest absolute Gasteiger partial charge is 0.496 e. The molecular formula is C21H20N2O4. The Kier molecular flexibility index (Phi) is 5.07. The summed E-state index contributed by atoms with van der Waals surface area (Å²) in [6.45, 7) is 3.64. The van der Waals surface area contributed by atoms with E-state index in [1.54, 1.807) is 13.0 Å². The summed E-state index contributed by atoms with van der Waals surface area (Å²) in [6, 6.07) is 14.3. The second-order valence-electron chi connectivity index (χ2n) is 6.26. The molecule has 0 fully saturated rings. The monoisotopic (exact) mass is 364 g/mol. The number of anilines is 1. The van der Waals surface area contributed by atoms with Crippen molar-refractivity contribution in [2.75, 3.05) is 12.4 Å². The van der Waals surface area contributed by atoms with E-state index < -0.39 is 4.92 Å². The highest BCUT2D eigenvalue weighted by Gasteiger charge is 2.19. The van der Waals surface area contributed by atoms with Crippen molar-refractivity contribution in [3.8, 4) is 5.75 Å². The Morgan fingerprint density at radius 2 is 1.81 bits per heavy atom. The molecule has 0 saturated carbocycles. The number of aryl methyl sites for hydroxylation is 2. The van der Waals surface area contributed by atoms with Gasteiger partial charge in [-0.1, -0.05) is 31.2 Å². The SMILES string of the molecule is CCc1cc([N+](=O)[O-])cc(C)c1NC(=O)c1cc2ccccc2cc1OC. The third kappa shape index (κ3) is 3.60. The van der Waals surface area contributed by atoms with E-state index >= 15 is 0 Å². The van der Waals surface area contributed by atoms with Gasteiger partial charge in [0.15, 0.2) is 0 Å². The number of nitrogens with zero attached hydrogens (tertiary/aromatic N) is 1. The maximum absolute atomic E-state index is 13.0. The van der Waals surface area contributed by atoms with Crippen LogP contribution in [0.4, 0.5) is 11.4 Å². The first-order chi connectivity index (χ1) is 12.9. The Balaban J connectivity index is 2.03. The number of nitrogens with one attached hydrogen (secondary N) is 1. The van der Waals surface area contributed by atoms with Crippen LogP contribution in [0.2, 0.25) is 0 Å². The number of hydrogen-bond acceptors (Lipinski definition) is 4. The van der Waals surface area contributed by atoms with Crippen LogP contribution in [-0.2, 0) is 6.42 Å². The van der Waals surface area contributed by atoms with Crippen LogP contribution < -0.4 is 10.1 Å². The Hall–Kier alpha value is -3.41. The summed E-state index contributed by atoms with van der Waals surface area (Å²) in [4.78, 5) is 23.6. The van der Waals surface area contributed by atoms with Gasteiger partial charge >= 0.3 is 0 Å². The second kappa shape index (κ2) is 7.45. The normalized spacial score (nSPS) is 10.6. The minimum atomic E-state index is -0.426. The lowest BCUT2D eigenvalue weighted by Crippen LogP contribution is -2.15. The number of fused-ring (bicyclic) bond motifs is 1. The average Bonchev–Trinajstić information content (AvgIpc) is 2.67. The number of carbonyl (C=O) groups is 1. The fourth-order valence-electron chi connectivity index (χ4n) is 3.15. The van der Waals surface area contributed by atoms with Gasteiger partial charge in [-0.2, -0.15) is 0 Å². The smallest absolute Gasteiger partial charge is 0.270 e. The molecule has 0 atom stereocenters. The van der Waals surface area contributed by atoms with Gasteiger partial charge in [0.25, 0.3) is 11.6 Å². The molecule has 3 aromatic rings. The van der Waals surface area contributed by atoms with Crippen LogP contribution in [0.5, 0.6) is 5.75 Å². The van der Waals surface area contributed by atoms with Gasteiger partial charge in [0, 0.05) is 17.8 Å². The van der Waals surface area contributed by atoms with E-state index in [0.29, 0.717) is 29.0 Å². The molecule has 3 aromatic carbocycles. The van der Waals surface area contributed by atoms with Crippen LogP contribution in [0.3, 0.4) is 0 Å². The number of hydrogen-bond donors (Lipinski definition) is 1. The van der Waals surface area contributed by atoms with Gasteiger partial charge in [-0.05, 0) is 47.4 Å². The maximum atomic E-state index is 13.0. The van der Waals surface area contributed by atoms with E-state index in [-0.39, 0.29) is 11.6 Å². The lowest BCUT2D eigenvalue weighted by Gasteiger charge is -2.15. The summed E-state index contributed by atoms with van der Waals surface area (Å²) in [6.07, 6.45) is 0.562. The molecule has 27 heavy (non-hydrogen) atoms. The minimum absolute atomic E-state index is 0.0191. The van der Waals surface area contributed by atoms with Crippen LogP contribution in [-0.4, -0.2) is 17.9 Å². The predicted octanol–water partition coefficient (Wildman–Crippen LogP) is 4.88. The van der Waals surface area contributed by atoms with Crippen LogP contribution in [0.1, 0.15) is 28.4 Å². The standard InChI is InChI=1S/C21H20N2O4/c1-4-14-10-17(23(25)26)9-13(2)20(14)22-21(24)18-11-15-7-5-6-8-16(15)12-19(18)27-3/h5-12H,4H2,1-3H3,(H,22,24). The number of nitro groups is 1. The van der Waals surface area contributed by atoms with Crippen molar-refractivity contribution in [3.05, 3.63) is 75.3 Å². The van der Waals surface area contributed by atoms with Crippen LogP contribution in [0.25, 0.3) is 10.8 Å². The molecule has 0 unspecified atom stereocenters. The third-order valence-electron chi connectivity index (χ3n) is 4.54. The zero-order chi connectivity index (χ0) is 19.6. The molecule has 6 heteroatoms. The number of non-ortho nitro benzene ring substituents is 1. The van der Waals surface area contributed by atoms with Crippen LogP contribution >= 0.6 is 0 Å². The molecule has 0 aliphatic carbocycles. The van der Waals surface area contributed by atoms with Gasteiger partial charge in [-0.15, -0.1) is 0 Å². The molecule has 0 aromatic heterocycles. The Labute approximate surface area is 156 Å². The van der Waals surface area contributed by atoms with E-state index in [1.165, 1.54) is 19.2 Å². The van der Waals surface area contributed by atoms with Crippen molar-refractivity contribution in [2.24, 2.45) is 0 Å². The summed E-state index contributed by atoms with van der Waals surface area (Å²) in [7, 11) is 1.52. The number of ether oxygens (including phenoxy) is 1. The minimum Gasteiger partial charge on any atom is -0.496 e. The van der Waals surface area contributed by atoms with Crippen LogP contribution in [0.15, 0.2) is 48.5 Å². The molecule has 6 nitrogen and oxygen atoms in total. The van der Waals surface area contributed by atoms with Crippen molar-refractivity contribution < 1.29 is 14.5 Å². The van der Waals surface area contributed by atoms with E-state index in [4.69, 9.17) is 4.74 Å². The first-order valence-corrected chi connectivity index (χ1v) is 8.60. The molecule has 3 rings (SSSR count). The van der Waals surface area contributed by atoms with Gasteiger partial charge in [0.1, 0.15) is 5.75 Å². The quantitative estimate of drug-likeness (QED) is 0.517. The first-order valence-electron chi connectivity index (χ1n) is 8.60. The summed E-state index contributed by atoms with van der Waals surface area (Å²) in [5.41, 5.74) is 2.40. The van der Waals surface area contributed by atoms with E-state index in [1.807, 2.05) is 37.3 Å². The van der Waals surface area contributed by atoms with E-state index in [0.717, 1.165) is 16.3 Å². The van der Waals surface area contributed by atoms with E-state index in [2.05, 4.69) is 5.32 Å².